The molecule has 0 aliphatic heterocycles. The molecule has 0 atom stereocenters. The van der Waals surface area contributed by atoms with Crippen LogP contribution >= 0.6 is 11.3 Å². The summed E-state index contributed by atoms with van der Waals surface area (Å²) in [7, 11) is 1.70. The van der Waals surface area contributed by atoms with E-state index in [0.717, 1.165) is 16.3 Å². The van der Waals surface area contributed by atoms with Crippen molar-refractivity contribution in [1.29, 1.82) is 0 Å². The molecule has 0 saturated carbocycles. The maximum absolute atomic E-state index is 12.7. The van der Waals surface area contributed by atoms with Gasteiger partial charge in [0.25, 0.3) is 5.91 Å². The number of rotatable bonds is 4. The van der Waals surface area contributed by atoms with Gasteiger partial charge in [-0.1, -0.05) is 20.8 Å². The summed E-state index contributed by atoms with van der Waals surface area (Å²) in [5.41, 5.74) is 2.02. The molecule has 0 saturated heterocycles. The van der Waals surface area contributed by atoms with Crippen LogP contribution in [0.25, 0.3) is 0 Å². The molecular formula is C18H22N2O3S. The number of carboxylic acids is 1. The molecule has 6 heteroatoms. The highest BCUT2D eigenvalue weighted by atomic mass is 32.1. The number of amides is 1. The molecule has 5 nitrogen and oxygen atoms in total. The fraction of sp³-hybridized carbons (Fsp3) is 0.389. The summed E-state index contributed by atoms with van der Waals surface area (Å²) in [6.45, 7) is 8.28. The summed E-state index contributed by atoms with van der Waals surface area (Å²) in [5, 5.41) is 12.1. The molecule has 1 heterocycles. The van der Waals surface area contributed by atoms with Gasteiger partial charge in [-0.3, -0.25) is 4.79 Å². The molecule has 0 fully saturated rings. The van der Waals surface area contributed by atoms with Crippen LogP contribution in [0.3, 0.4) is 0 Å². The van der Waals surface area contributed by atoms with Gasteiger partial charge in [0.05, 0.1) is 12.1 Å². The Morgan fingerprint density at radius 1 is 1.21 bits per heavy atom. The van der Waals surface area contributed by atoms with Gasteiger partial charge in [0.1, 0.15) is 5.01 Å². The second-order valence-corrected chi connectivity index (χ2v) is 7.84. The van der Waals surface area contributed by atoms with E-state index in [1.54, 1.807) is 24.1 Å². The van der Waals surface area contributed by atoms with Crippen molar-refractivity contribution in [2.75, 3.05) is 7.05 Å². The fourth-order valence-electron chi connectivity index (χ4n) is 2.28. The number of hydrogen-bond acceptors (Lipinski definition) is 4. The van der Waals surface area contributed by atoms with Crippen LogP contribution in [0.4, 0.5) is 0 Å². The molecule has 128 valence electrons. The molecule has 1 amide bonds. The smallest absolute Gasteiger partial charge is 0.335 e. The topological polar surface area (TPSA) is 70.5 Å². The van der Waals surface area contributed by atoms with Crippen LogP contribution in [-0.2, 0) is 12.0 Å². The van der Waals surface area contributed by atoms with Gasteiger partial charge in [0, 0.05) is 23.7 Å². The number of aromatic carboxylic acids is 1. The average molecular weight is 346 g/mol. The molecule has 2 aromatic rings. The lowest BCUT2D eigenvalue weighted by atomic mass is 9.85. The summed E-state index contributed by atoms with van der Waals surface area (Å²) in [4.78, 5) is 30.0. The van der Waals surface area contributed by atoms with Crippen molar-refractivity contribution in [1.82, 2.24) is 9.88 Å². The molecule has 0 spiro atoms. The van der Waals surface area contributed by atoms with Gasteiger partial charge in [0.2, 0.25) is 0 Å². The maximum Gasteiger partial charge on any atom is 0.335 e. The maximum atomic E-state index is 12.7. The molecule has 2 rings (SSSR count). The lowest BCUT2D eigenvalue weighted by Gasteiger charge is -2.22. The van der Waals surface area contributed by atoms with E-state index in [2.05, 4.69) is 4.98 Å². The predicted octanol–water partition coefficient (Wildman–Crippen LogP) is 3.72. The standard InChI is InChI=1S/C18H22N2O3S/c1-11-10-24-15(19-11)9-20(5)16(21)12-6-13(17(22)23)8-14(7-12)18(2,3)4/h6-8,10H,9H2,1-5H3,(H,22,23). The Hall–Kier alpha value is -2.21. The molecule has 24 heavy (non-hydrogen) atoms. The zero-order chi connectivity index (χ0) is 18.1. The van der Waals surface area contributed by atoms with Crippen LogP contribution in [0.15, 0.2) is 23.6 Å². The second kappa shape index (κ2) is 6.73. The number of carbonyl (C=O) groups is 2. The average Bonchev–Trinajstić information content (AvgIpc) is 2.90. The Morgan fingerprint density at radius 3 is 2.33 bits per heavy atom. The van der Waals surface area contributed by atoms with E-state index in [-0.39, 0.29) is 16.9 Å². The van der Waals surface area contributed by atoms with Crippen LogP contribution in [0.1, 0.15) is 57.8 Å². The number of thiazole rings is 1. The summed E-state index contributed by atoms with van der Waals surface area (Å²) >= 11 is 1.51. The Balaban J connectivity index is 2.33. The van der Waals surface area contributed by atoms with E-state index in [1.807, 2.05) is 33.1 Å². The highest BCUT2D eigenvalue weighted by molar-refractivity contribution is 7.09. The number of carbonyl (C=O) groups excluding carboxylic acids is 1. The van der Waals surface area contributed by atoms with Crippen molar-refractivity contribution in [3.8, 4) is 0 Å². The Morgan fingerprint density at radius 2 is 1.83 bits per heavy atom. The predicted molar refractivity (Wildman–Crippen MR) is 94.7 cm³/mol. The van der Waals surface area contributed by atoms with Gasteiger partial charge in [-0.25, -0.2) is 9.78 Å². The van der Waals surface area contributed by atoms with Crippen LogP contribution in [-0.4, -0.2) is 33.9 Å². The van der Waals surface area contributed by atoms with Crippen LogP contribution in [0.5, 0.6) is 0 Å². The van der Waals surface area contributed by atoms with Gasteiger partial charge < -0.3 is 10.0 Å². The minimum atomic E-state index is -1.03. The van der Waals surface area contributed by atoms with E-state index in [9.17, 15) is 14.7 Å². The largest absolute Gasteiger partial charge is 0.478 e. The normalized spacial score (nSPS) is 11.4. The molecule has 1 N–H and O–H groups in total. The summed E-state index contributed by atoms with van der Waals surface area (Å²) < 4.78 is 0. The third kappa shape index (κ3) is 4.20. The SMILES string of the molecule is Cc1csc(CN(C)C(=O)c2cc(C(=O)O)cc(C(C)(C)C)c2)n1. The van der Waals surface area contributed by atoms with Gasteiger partial charge in [-0.05, 0) is 36.1 Å². The number of benzene rings is 1. The quantitative estimate of drug-likeness (QED) is 0.916. The number of carboxylic acid groups (broad SMARTS) is 1. The van der Waals surface area contributed by atoms with E-state index in [4.69, 9.17) is 0 Å². The summed E-state index contributed by atoms with van der Waals surface area (Å²) in [5.74, 6) is -1.25. The minimum absolute atomic E-state index is 0.129. The zero-order valence-electron chi connectivity index (χ0n) is 14.6. The zero-order valence-corrected chi connectivity index (χ0v) is 15.4. The molecule has 1 aromatic heterocycles. The molecule has 0 aliphatic rings. The number of hydrogen-bond donors (Lipinski definition) is 1. The van der Waals surface area contributed by atoms with E-state index < -0.39 is 5.97 Å². The minimum Gasteiger partial charge on any atom is -0.478 e. The number of nitrogens with zero attached hydrogens (tertiary/aromatic N) is 2. The van der Waals surface area contributed by atoms with Crippen molar-refractivity contribution >= 4 is 23.2 Å². The van der Waals surface area contributed by atoms with Crippen LogP contribution in [0, 0.1) is 6.92 Å². The molecular weight excluding hydrogens is 324 g/mol. The Kier molecular flexibility index (Phi) is 5.08. The first kappa shape index (κ1) is 18.1. The lowest BCUT2D eigenvalue weighted by molar-refractivity contribution is 0.0696. The van der Waals surface area contributed by atoms with Gasteiger partial charge >= 0.3 is 5.97 Å². The van der Waals surface area contributed by atoms with Gasteiger partial charge in [-0.15, -0.1) is 11.3 Å². The number of aryl methyl sites for hydroxylation is 1. The third-order valence-electron chi connectivity index (χ3n) is 3.68. The number of aromatic nitrogens is 1. The fourth-order valence-corrected chi connectivity index (χ4v) is 3.10. The third-order valence-corrected chi connectivity index (χ3v) is 4.63. The molecule has 0 aliphatic carbocycles. The molecule has 0 bridgehead atoms. The van der Waals surface area contributed by atoms with Crippen molar-refractivity contribution in [3.63, 3.8) is 0 Å². The van der Waals surface area contributed by atoms with Crippen LogP contribution < -0.4 is 0 Å². The Labute approximate surface area is 146 Å². The molecule has 1 aromatic carbocycles. The summed E-state index contributed by atoms with van der Waals surface area (Å²) in [6.07, 6.45) is 0. The monoisotopic (exact) mass is 346 g/mol. The van der Waals surface area contributed by atoms with Crippen LogP contribution in [0.2, 0.25) is 0 Å². The van der Waals surface area contributed by atoms with Crippen molar-refractivity contribution < 1.29 is 14.7 Å². The van der Waals surface area contributed by atoms with E-state index in [1.165, 1.54) is 17.4 Å². The first-order chi connectivity index (χ1) is 11.1. The van der Waals surface area contributed by atoms with Crippen molar-refractivity contribution in [2.24, 2.45) is 0 Å². The first-order valence-corrected chi connectivity index (χ1v) is 8.51. The highest BCUT2D eigenvalue weighted by Gasteiger charge is 2.21. The summed E-state index contributed by atoms with van der Waals surface area (Å²) in [6, 6.07) is 4.84. The lowest BCUT2D eigenvalue weighted by Crippen LogP contribution is -2.27. The Bertz CT molecular complexity index is 775. The first-order valence-electron chi connectivity index (χ1n) is 7.63. The van der Waals surface area contributed by atoms with E-state index in [0.29, 0.717) is 12.1 Å². The van der Waals surface area contributed by atoms with Gasteiger partial charge in [-0.2, -0.15) is 0 Å². The molecule has 0 radical (unpaired) electrons. The van der Waals surface area contributed by atoms with E-state index >= 15 is 0 Å². The van der Waals surface area contributed by atoms with Crippen molar-refractivity contribution in [2.45, 2.75) is 39.7 Å². The van der Waals surface area contributed by atoms with Crippen molar-refractivity contribution in [3.05, 3.63) is 51.0 Å². The van der Waals surface area contributed by atoms with Gasteiger partial charge in [0.15, 0.2) is 0 Å². The highest BCUT2D eigenvalue weighted by Crippen LogP contribution is 2.25. The molecule has 0 unspecified atom stereocenters. The second-order valence-electron chi connectivity index (χ2n) is 6.90.